The second-order valence-electron chi connectivity index (χ2n) is 5.45. The largest absolute Gasteiger partial charge is 0.421 e. The molecular weight excluding hydrogens is 323 g/mol. The maximum Gasteiger partial charge on any atom is 0.305 e. The Kier molecular flexibility index (Phi) is 6.46. The summed E-state index contributed by atoms with van der Waals surface area (Å²) >= 11 is 0. The maximum absolute atomic E-state index is 14.0. The van der Waals surface area contributed by atoms with Crippen molar-refractivity contribution >= 4 is 18.0 Å². The van der Waals surface area contributed by atoms with Crippen LogP contribution in [-0.4, -0.2) is 18.2 Å². The molecule has 0 unspecified atom stereocenters. The quantitative estimate of drug-likeness (QED) is 0.590. The monoisotopic (exact) mass is 342 g/mol. The molecule has 2 aromatic rings. The Labute approximate surface area is 145 Å². The number of halogens is 1. The second kappa shape index (κ2) is 8.78. The minimum atomic E-state index is -1.21. The maximum atomic E-state index is 14.0. The fourth-order valence-corrected chi connectivity index (χ4v) is 2.30. The van der Waals surface area contributed by atoms with Crippen molar-refractivity contribution < 1.29 is 23.5 Å². The molecule has 2 aromatic carbocycles. The van der Waals surface area contributed by atoms with Gasteiger partial charge in [-0.3, -0.25) is 9.59 Å². The highest BCUT2D eigenvalue weighted by Gasteiger charge is 2.21. The first-order valence-electron chi connectivity index (χ1n) is 7.79. The normalized spacial score (nSPS) is 11.3. The molecule has 0 fully saturated rings. The SMILES string of the molecule is CC(=O)OC(OC(C)=O)C(=Cc1ccccc1F)Cc1ccccc1. The molecule has 0 aromatic heterocycles. The van der Waals surface area contributed by atoms with E-state index in [9.17, 15) is 14.0 Å². The van der Waals surface area contributed by atoms with E-state index in [1.54, 1.807) is 24.3 Å². The van der Waals surface area contributed by atoms with E-state index in [2.05, 4.69) is 0 Å². The predicted octanol–water partition coefficient (Wildman–Crippen LogP) is 3.90. The lowest BCUT2D eigenvalue weighted by atomic mass is 10.0. The van der Waals surface area contributed by atoms with Gasteiger partial charge in [0.05, 0.1) is 0 Å². The minimum Gasteiger partial charge on any atom is -0.421 e. The summed E-state index contributed by atoms with van der Waals surface area (Å²) in [5.41, 5.74) is 1.69. The number of benzene rings is 2. The smallest absolute Gasteiger partial charge is 0.305 e. The average Bonchev–Trinajstić information content (AvgIpc) is 2.56. The van der Waals surface area contributed by atoms with E-state index in [1.807, 2.05) is 30.3 Å². The Hall–Kier alpha value is -2.95. The van der Waals surface area contributed by atoms with E-state index >= 15 is 0 Å². The fraction of sp³-hybridized carbons (Fsp3) is 0.200. The van der Waals surface area contributed by atoms with Crippen LogP contribution in [0.25, 0.3) is 6.08 Å². The van der Waals surface area contributed by atoms with Crippen LogP contribution >= 0.6 is 0 Å². The van der Waals surface area contributed by atoms with Crippen LogP contribution in [0.5, 0.6) is 0 Å². The summed E-state index contributed by atoms with van der Waals surface area (Å²) in [7, 11) is 0. The van der Waals surface area contributed by atoms with E-state index in [0.29, 0.717) is 17.6 Å². The van der Waals surface area contributed by atoms with Gasteiger partial charge >= 0.3 is 11.9 Å². The zero-order valence-corrected chi connectivity index (χ0v) is 14.1. The summed E-state index contributed by atoms with van der Waals surface area (Å²) in [5.74, 6) is -1.62. The number of hydrogen-bond acceptors (Lipinski definition) is 4. The first-order chi connectivity index (χ1) is 12.0. The molecule has 0 atom stereocenters. The highest BCUT2D eigenvalue weighted by atomic mass is 19.1. The van der Waals surface area contributed by atoms with Gasteiger partial charge in [-0.15, -0.1) is 0 Å². The number of rotatable bonds is 6. The summed E-state index contributed by atoms with van der Waals surface area (Å²) < 4.78 is 24.3. The molecule has 0 aliphatic carbocycles. The third-order valence-electron chi connectivity index (χ3n) is 3.35. The standard InChI is InChI=1S/C20H19FO4/c1-14(22)24-20(25-15(2)23)18(12-16-8-4-3-5-9-16)13-17-10-6-7-11-19(17)21/h3-11,13,20H,12H2,1-2H3. The first kappa shape index (κ1) is 18.4. The molecule has 0 saturated heterocycles. The third-order valence-corrected chi connectivity index (χ3v) is 3.35. The summed E-state index contributed by atoms with van der Waals surface area (Å²) in [6.07, 6.45) is 0.661. The van der Waals surface area contributed by atoms with Gasteiger partial charge < -0.3 is 9.47 Å². The van der Waals surface area contributed by atoms with Crippen LogP contribution in [0.15, 0.2) is 60.2 Å². The highest BCUT2D eigenvalue weighted by Crippen LogP contribution is 2.21. The lowest BCUT2D eigenvalue weighted by Gasteiger charge is -2.20. The molecule has 0 spiro atoms. The Morgan fingerprint density at radius 1 is 0.960 bits per heavy atom. The average molecular weight is 342 g/mol. The van der Waals surface area contributed by atoms with E-state index < -0.39 is 24.0 Å². The second-order valence-corrected chi connectivity index (χ2v) is 5.45. The van der Waals surface area contributed by atoms with Crippen LogP contribution in [0, 0.1) is 5.82 Å². The van der Waals surface area contributed by atoms with Crippen molar-refractivity contribution in [3.63, 3.8) is 0 Å². The number of esters is 2. The van der Waals surface area contributed by atoms with Gasteiger partial charge in [0.2, 0.25) is 0 Å². The Bertz CT molecular complexity index is 752. The molecule has 0 bridgehead atoms. The zero-order valence-electron chi connectivity index (χ0n) is 14.1. The van der Waals surface area contributed by atoms with Crippen LogP contribution in [0.4, 0.5) is 4.39 Å². The number of ether oxygens (including phenoxy) is 2. The van der Waals surface area contributed by atoms with Gasteiger partial charge in [-0.2, -0.15) is 0 Å². The minimum absolute atomic E-state index is 0.317. The van der Waals surface area contributed by atoms with Crippen LogP contribution in [-0.2, 0) is 25.5 Å². The molecule has 0 radical (unpaired) electrons. The predicted molar refractivity (Wildman–Crippen MR) is 91.8 cm³/mol. The van der Waals surface area contributed by atoms with Gasteiger partial charge in [0, 0.05) is 31.4 Å². The molecule has 0 aliphatic heterocycles. The third kappa shape index (κ3) is 5.88. The van der Waals surface area contributed by atoms with Crippen molar-refractivity contribution in [3.05, 3.63) is 77.1 Å². The molecular formula is C20H19FO4. The van der Waals surface area contributed by atoms with Crippen LogP contribution in [0.2, 0.25) is 0 Å². The van der Waals surface area contributed by atoms with Gasteiger partial charge in [-0.25, -0.2) is 4.39 Å². The molecule has 5 heteroatoms. The number of hydrogen-bond donors (Lipinski definition) is 0. The molecule has 0 amide bonds. The van der Waals surface area contributed by atoms with Gasteiger partial charge in [-0.1, -0.05) is 48.5 Å². The van der Waals surface area contributed by atoms with Crippen molar-refractivity contribution in [2.75, 3.05) is 0 Å². The van der Waals surface area contributed by atoms with Crippen molar-refractivity contribution in [1.82, 2.24) is 0 Å². The molecule has 4 nitrogen and oxygen atoms in total. The molecule has 2 rings (SSSR count). The van der Waals surface area contributed by atoms with Gasteiger partial charge in [-0.05, 0) is 17.7 Å². The summed E-state index contributed by atoms with van der Waals surface area (Å²) in [6.45, 7) is 2.44. The zero-order chi connectivity index (χ0) is 18.2. The molecule has 0 heterocycles. The Balaban J connectivity index is 2.43. The molecule has 130 valence electrons. The summed E-state index contributed by atoms with van der Waals surface area (Å²) in [4.78, 5) is 22.8. The van der Waals surface area contributed by atoms with Crippen LogP contribution < -0.4 is 0 Å². The van der Waals surface area contributed by atoms with Gasteiger partial charge in [0.1, 0.15) is 5.82 Å². The molecule has 0 N–H and O–H groups in total. The number of carbonyl (C=O) groups excluding carboxylic acids is 2. The van der Waals surface area contributed by atoms with E-state index in [4.69, 9.17) is 9.47 Å². The molecule has 25 heavy (non-hydrogen) atoms. The van der Waals surface area contributed by atoms with E-state index in [-0.39, 0.29) is 0 Å². The lowest BCUT2D eigenvalue weighted by Crippen LogP contribution is -2.25. The first-order valence-corrected chi connectivity index (χ1v) is 7.79. The van der Waals surface area contributed by atoms with E-state index in [1.165, 1.54) is 19.9 Å². The van der Waals surface area contributed by atoms with Gasteiger partial charge in [0.25, 0.3) is 6.29 Å². The van der Waals surface area contributed by atoms with Gasteiger partial charge in [0.15, 0.2) is 0 Å². The Morgan fingerprint density at radius 2 is 1.52 bits per heavy atom. The van der Waals surface area contributed by atoms with E-state index in [0.717, 1.165) is 5.56 Å². The molecule has 0 aliphatic rings. The van der Waals surface area contributed by atoms with Crippen molar-refractivity contribution in [2.45, 2.75) is 26.6 Å². The highest BCUT2D eigenvalue weighted by molar-refractivity contribution is 5.69. The van der Waals surface area contributed by atoms with Crippen molar-refractivity contribution in [1.29, 1.82) is 0 Å². The topological polar surface area (TPSA) is 52.6 Å². The lowest BCUT2D eigenvalue weighted by molar-refractivity contribution is -0.178. The van der Waals surface area contributed by atoms with Crippen molar-refractivity contribution in [3.8, 4) is 0 Å². The van der Waals surface area contributed by atoms with Crippen molar-refractivity contribution in [2.24, 2.45) is 0 Å². The fourth-order valence-electron chi connectivity index (χ4n) is 2.30. The van der Waals surface area contributed by atoms with Crippen LogP contribution in [0.1, 0.15) is 25.0 Å². The van der Waals surface area contributed by atoms with Crippen LogP contribution in [0.3, 0.4) is 0 Å². The number of carbonyl (C=O) groups is 2. The summed E-state index contributed by atoms with van der Waals surface area (Å²) in [5, 5.41) is 0. The molecule has 0 saturated carbocycles. The summed E-state index contributed by atoms with van der Waals surface area (Å²) in [6, 6.07) is 15.6. The Morgan fingerprint density at radius 3 is 2.08 bits per heavy atom.